The fourth-order valence-electron chi connectivity index (χ4n) is 2.41. The summed E-state index contributed by atoms with van der Waals surface area (Å²) in [4.78, 5) is 27.4. The van der Waals surface area contributed by atoms with Crippen LogP contribution >= 0.6 is 11.6 Å². The number of carboxylic acid groups (broad SMARTS) is 1. The minimum atomic E-state index is -1.08. The Morgan fingerprint density at radius 2 is 1.96 bits per heavy atom. The molecule has 0 aliphatic heterocycles. The number of anilines is 1. The summed E-state index contributed by atoms with van der Waals surface area (Å²) in [6, 6.07) is 6.90. The highest BCUT2D eigenvalue weighted by Gasteiger charge is 2.25. The summed E-state index contributed by atoms with van der Waals surface area (Å²) in [5.74, 6) is -1.71. The molecule has 1 heterocycles. The number of H-pyrrole nitrogens is 1. The van der Waals surface area contributed by atoms with Gasteiger partial charge in [0.2, 0.25) is 0 Å². The summed E-state index contributed by atoms with van der Waals surface area (Å²) < 4.78 is 4.75. The molecule has 0 bridgehead atoms. The SMILES string of the molecule is COC(=O)c1[nH]cc(-c2ccc(Cl)cc2)c1N(CCO)CC(=O)O. The van der Waals surface area contributed by atoms with E-state index in [0.29, 0.717) is 16.3 Å². The van der Waals surface area contributed by atoms with Crippen LogP contribution in [0.1, 0.15) is 10.5 Å². The zero-order chi connectivity index (χ0) is 17.7. The first-order valence-corrected chi connectivity index (χ1v) is 7.49. The van der Waals surface area contributed by atoms with Gasteiger partial charge in [0.1, 0.15) is 12.2 Å². The number of halogens is 1. The average molecular weight is 353 g/mol. The zero-order valence-corrected chi connectivity index (χ0v) is 13.7. The normalized spacial score (nSPS) is 10.5. The quantitative estimate of drug-likeness (QED) is 0.659. The summed E-state index contributed by atoms with van der Waals surface area (Å²) in [7, 11) is 1.24. The molecule has 0 saturated heterocycles. The maximum Gasteiger partial charge on any atom is 0.356 e. The average Bonchev–Trinajstić information content (AvgIpc) is 2.99. The smallest absolute Gasteiger partial charge is 0.356 e. The molecule has 128 valence electrons. The van der Waals surface area contributed by atoms with E-state index < -0.39 is 11.9 Å². The van der Waals surface area contributed by atoms with Crippen LogP contribution in [0.3, 0.4) is 0 Å². The Morgan fingerprint density at radius 1 is 1.29 bits per heavy atom. The van der Waals surface area contributed by atoms with E-state index in [9.17, 15) is 14.7 Å². The lowest BCUT2D eigenvalue weighted by atomic mass is 10.1. The second-order valence-corrected chi connectivity index (χ2v) is 5.40. The van der Waals surface area contributed by atoms with Gasteiger partial charge in [-0.1, -0.05) is 23.7 Å². The Balaban J connectivity index is 2.58. The van der Waals surface area contributed by atoms with Crippen molar-refractivity contribution in [2.24, 2.45) is 0 Å². The molecule has 3 N–H and O–H groups in total. The number of aromatic nitrogens is 1. The lowest BCUT2D eigenvalue weighted by Gasteiger charge is -2.23. The van der Waals surface area contributed by atoms with Crippen molar-refractivity contribution < 1.29 is 24.5 Å². The molecule has 0 fully saturated rings. The van der Waals surface area contributed by atoms with Crippen LogP contribution in [0.5, 0.6) is 0 Å². The molecular weight excluding hydrogens is 336 g/mol. The van der Waals surface area contributed by atoms with Crippen molar-refractivity contribution in [3.05, 3.63) is 41.2 Å². The van der Waals surface area contributed by atoms with Gasteiger partial charge in [-0.2, -0.15) is 0 Å². The van der Waals surface area contributed by atoms with Gasteiger partial charge in [0.05, 0.1) is 19.4 Å². The summed E-state index contributed by atoms with van der Waals surface area (Å²) in [5, 5.41) is 18.9. The number of carboxylic acids is 1. The van der Waals surface area contributed by atoms with Crippen LogP contribution in [0.4, 0.5) is 5.69 Å². The zero-order valence-electron chi connectivity index (χ0n) is 13.0. The fourth-order valence-corrected chi connectivity index (χ4v) is 2.53. The first-order valence-electron chi connectivity index (χ1n) is 7.11. The van der Waals surface area contributed by atoms with E-state index in [1.165, 1.54) is 12.0 Å². The van der Waals surface area contributed by atoms with E-state index >= 15 is 0 Å². The number of benzene rings is 1. The van der Waals surface area contributed by atoms with Gasteiger partial charge < -0.3 is 24.8 Å². The molecule has 1 aromatic carbocycles. The molecular formula is C16H17ClN2O5. The predicted octanol–water partition coefficient (Wildman–Crippen LogP) is 2.00. The fraction of sp³-hybridized carbons (Fsp3) is 0.250. The van der Waals surface area contributed by atoms with Gasteiger partial charge in [-0.05, 0) is 17.7 Å². The molecule has 0 amide bonds. The van der Waals surface area contributed by atoms with Crippen molar-refractivity contribution in [1.29, 1.82) is 0 Å². The first-order chi connectivity index (χ1) is 11.5. The number of nitrogens with zero attached hydrogens (tertiary/aromatic N) is 1. The number of aliphatic hydroxyl groups is 1. The lowest BCUT2D eigenvalue weighted by molar-refractivity contribution is -0.135. The van der Waals surface area contributed by atoms with E-state index in [-0.39, 0.29) is 25.4 Å². The Morgan fingerprint density at radius 3 is 2.50 bits per heavy atom. The van der Waals surface area contributed by atoms with Gasteiger partial charge in [-0.15, -0.1) is 0 Å². The monoisotopic (exact) mass is 352 g/mol. The minimum Gasteiger partial charge on any atom is -0.480 e. The topological polar surface area (TPSA) is 103 Å². The number of hydrogen-bond donors (Lipinski definition) is 3. The summed E-state index contributed by atoms with van der Waals surface area (Å²) in [5.41, 5.74) is 1.84. The second kappa shape index (κ2) is 7.85. The van der Waals surface area contributed by atoms with Crippen LogP contribution in [-0.4, -0.2) is 53.9 Å². The predicted molar refractivity (Wildman–Crippen MR) is 89.5 cm³/mol. The van der Waals surface area contributed by atoms with Gasteiger partial charge in [-0.3, -0.25) is 4.79 Å². The molecule has 2 aromatic rings. The Kier molecular flexibility index (Phi) is 5.83. The highest BCUT2D eigenvalue weighted by Crippen LogP contribution is 2.35. The molecule has 0 aliphatic carbocycles. The maximum absolute atomic E-state index is 12.0. The molecule has 0 spiro atoms. The van der Waals surface area contributed by atoms with Crippen LogP contribution in [0.25, 0.3) is 11.1 Å². The standard InChI is InChI=1S/C16H17ClN2O5/c1-24-16(23)14-15(19(6-7-20)9-13(21)22)12(8-18-14)10-2-4-11(17)5-3-10/h2-5,8,18,20H,6-7,9H2,1H3,(H,21,22). The molecule has 8 heteroatoms. The van der Waals surface area contributed by atoms with E-state index in [1.54, 1.807) is 30.5 Å². The summed E-state index contributed by atoms with van der Waals surface area (Å²) in [6.45, 7) is -0.586. The number of aliphatic carboxylic acids is 1. The van der Waals surface area contributed by atoms with E-state index in [1.807, 2.05) is 0 Å². The maximum atomic E-state index is 12.0. The largest absolute Gasteiger partial charge is 0.480 e. The minimum absolute atomic E-state index is 0.0503. The number of aliphatic hydroxyl groups excluding tert-OH is 1. The number of rotatable bonds is 7. The molecule has 2 rings (SSSR count). The first kappa shape index (κ1) is 17.8. The molecule has 0 atom stereocenters. The number of carbonyl (C=O) groups excluding carboxylic acids is 1. The van der Waals surface area contributed by atoms with Crippen molar-refractivity contribution in [3.63, 3.8) is 0 Å². The number of aromatic amines is 1. The number of nitrogens with one attached hydrogen (secondary N) is 1. The Bertz CT molecular complexity index is 727. The Labute approximate surface area is 143 Å². The highest BCUT2D eigenvalue weighted by atomic mass is 35.5. The third kappa shape index (κ3) is 3.87. The lowest BCUT2D eigenvalue weighted by Crippen LogP contribution is -2.33. The van der Waals surface area contributed by atoms with Crippen LogP contribution in [-0.2, 0) is 9.53 Å². The van der Waals surface area contributed by atoms with Crippen molar-refractivity contribution in [2.45, 2.75) is 0 Å². The molecule has 24 heavy (non-hydrogen) atoms. The van der Waals surface area contributed by atoms with Gasteiger partial charge in [0, 0.05) is 23.3 Å². The van der Waals surface area contributed by atoms with Gasteiger partial charge in [0.15, 0.2) is 0 Å². The number of ether oxygens (including phenoxy) is 1. The van der Waals surface area contributed by atoms with Crippen molar-refractivity contribution in [1.82, 2.24) is 4.98 Å². The van der Waals surface area contributed by atoms with Crippen molar-refractivity contribution in [2.75, 3.05) is 31.7 Å². The van der Waals surface area contributed by atoms with E-state index in [4.69, 9.17) is 21.4 Å². The molecule has 7 nitrogen and oxygen atoms in total. The van der Waals surface area contributed by atoms with Crippen molar-refractivity contribution >= 4 is 29.2 Å². The third-order valence-electron chi connectivity index (χ3n) is 3.41. The van der Waals surface area contributed by atoms with Crippen LogP contribution in [0.15, 0.2) is 30.5 Å². The van der Waals surface area contributed by atoms with E-state index in [2.05, 4.69) is 4.98 Å². The number of hydrogen-bond acceptors (Lipinski definition) is 5. The van der Waals surface area contributed by atoms with Gasteiger partial charge >= 0.3 is 11.9 Å². The van der Waals surface area contributed by atoms with Gasteiger partial charge in [0.25, 0.3) is 0 Å². The molecule has 0 radical (unpaired) electrons. The molecule has 0 unspecified atom stereocenters. The van der Waals surface area contributed by atoms with Crippen LogP contribution in [0.2, 0.25) is 5.02 Å². The second-order valence-electron chi connectivity index (χ2n) is 4.96. The summed E-state index contributed by atoms with van der Waals surface area (Å²) >= 11 is 5.90. The highest BCUT2D eigenvalue weighted by molar-refractivity contribution is 6.30. The third-order valence-corrected chi connectivity index (χ3v) is 3.66. The van der Waals surface area contributed by atoms with Crippen LogP contribution in [0, 0.1) is 0 Å². The number of methoxy groups -OCH3 is 1. The van der Waals surface area contributed by atoms with Gasteiger partial charge in [-0.25, -0.2) is 4.79 Å². The Hall–Kier alpha value is -2.51. The van der Waals surface area contributed by atoms with Crippen LogP contribution < -0.4 is 4.90 Å². The molecule has 0 aliphatic rings. The van der Waals surface area contributed by atoms with E-state index in [0.717, 1.165) is 5.56 Å². The van der Waals surface area contributed by atoms with Crippen molar-refractivity contribution in [3.8, 4) is 11.1 Å². The molecule has 0 saturated carbocycles. The number of esters is 1. The number of carbonyl (C=O) groups is 2. The summed E-state index contributed by atoms with van der Waals surface area (Å²) in [6.07, 6.45) is 1.59. The molecule has 1 aromatic heterocycles.